The molecule has 0 aromatic heterocycles. The molecule has 1 heterocycles. The van der Waals surface area contributed by atoms with Crippen LogP contribution in [0.5, 0.6) is 0 Å². The second-order valence-corrected chi connectivity index (χ2v) is 7.31. The molecule has 1 aromatic carbocycles. The van der Waals surface area contributed by atoms with Gasteiger partial charge in [0.15, 0.2) is 0 Å². The summed E-state index contributed by atoms with van der Waals surface area (Å²) >= 11 is 0. The Morgan fingerprint density at radius 1 is 1.15 bits per heavy atom. The van der Waals surface area contributed by atoms with Gasteiger partial charge in [0.1, 0.15) is 6.04 Å². The van der Waals surface area contributed by atoms with Crippen molar-refractivity contribution in [2.45, 2.75) is 26.3 Å². The smallest absolute Gasteiger partial charge is 0.253 e. The van der Waals surface area contributed by atoms with Gasteiger partial charge in [0, 0.05) is 45.8 Å². The van der Waals surface area contributed by atoms with Crippen molar-refractivity contribution in [1.82, 2.24) is 20.0 Å². The molecule has 2 rings (SSSR count). The highest BCUT2D eigenvalue weighted by molar-refractivity contribution is 5.94. The lowest BCUT2D eigenvalue weighted by atomic mass is 10.1. The number of carbonyl (C=O) groups is 3. The Hall–Kier alpha value is -2.41. The number of rotatable bonds is 5. The topological polar surface area (TPSA) is 73.0 Å². The van der Waals surface area contributed by atoms with Crippen LogP contribution in [-0.2, 0) is 9.59 Å². The fourth-order valence-electron chi connectivity index (χ4n) is 3.23. The Labute approximate surface area is 161 Å². The van der Waals surface area contributed by atoms with Crippen LogP contribution in [0.25, 0.3) is 0 Å². The van der Waals surface area contributed by atoms with E-state index in [9.17, 15) is 14.4 Å². The molecule has 0 aliphatic carbocycles. The minimum atomic E-state index is -0.543. The van der Waals surface area contributed by atoms with Crippen molar-refractivity contribution in [3.8, 4) is 0 Å². The molecule has 1 aliphatic heterocycles. The van der Waals surface area contributed by atoms with Crippen LogP contribution in [0.2, 0.25) is 0 Å². The number of nitrogens with zero attached hydrogens (tertiary/aromatic N) is 3. The van der Waals surface area contributed by atoms with E-state index in [1.807, 2.05) is 41.0 Å². The predicted octanol–water partition coefficient (Wildman–Crippen LogP) is 0.736. The molecule has 1 N–H and O–H groups in total. The molecule has 0 radical (unpaired) electrons. The molecular weight excluding hydrogens is 344 g/mol. The van der Waals surface area contributed by atoms with E-state index in [2.05, 4.69) is 5.32 Å². The highest BCUT2D eigenvalue weighted by atomic mass is 16.2. The first-order valence-corrected chi connectivity index (χ1v) is 9.36. The Morgan fingerprint density at radius 2 is 1.89 bits per heavy atom. The molecule has 1 fully saturated rings. The van der Waals surface area contributed by atoms with Crippen LogP contribution in [-0.4, -0.2) is 85.3 Å². The Bertz CT molecular complexity index is 690. The average molecular weight is 374 g/mol. The van der Waals surface area contributed by atoms with Crippen LogP contribution < -0.4 is 5.32 Å². The highest BCUT2D eigenvalue weighted by Gasteiger charge is 2.23. The van der Waals surface area contributed by atoms with Crippen molar-refractivity contribution in [2.24, 2.45) is 0 Å². The highest BCUT2D eigenvalue weighted by Crippen LogP contribution is 2.11. The third kappa shape index (κ3) is 6.06. The molecular formula is C20H30N4O3. The molecule has 1 atom stereocenters. The second kappa shape index (κ2) is 9.50. The maximum absolute atomic E-state index is 12.7. The Kier molecular flexibility index (Phi) is 7.36. The SMILES string of the molecule is Cc1cccc(C(=O)N2CCCN(CC(=O)NC(C)C(=O)N(C)C)CC2)c1. The minimum absolute atomic E-state index is 0.0372. The number of benzene rings is 1. The van der Waals surface area contributed by atoms with Gasteiger partial charge in [0.05, 0.1) is 6.54 Å². The van der Waals surface area contributed by atoms with Crippen molar-refractivity contribution >= 4 is 17.7 Å². The summed E-state index contributed by atoms with van der Waals surface area (Å²) in [4.78, 5) is 42.1. The summed E-state index contributed by atoms with van der Waals surface area (Å²) in [6.45, 7) is 6.55. The van der Waals surface area contributed by atoms with Crippen LogP contribution in [0.4, 0.5) is 0 Å². The van der Waals surface area contributed by atoms with E-state index < -0.39 is 6.04 Å². The molecule has 0 saturated carbocycles. The molecule has 7 nitrogen and oxygen atoms in total. The molecule has 1 unspecified atom stereocenters. The zero-order chi connectivity index (χ0) is 20.0. The number of amides is 3. The number of carbonyl (C=O) groups excluding carboxylic acids is 3. The number of hydrogen-bond donors (Lipinski definition) is 1. The lowest BCUT2D eigenvalue weighted by molar-refractivity contribution is -0.134. The number of likely N-dealkylation sites (N-methyl/N-ethyl adjacent to an activating group) is 1. The first kappa shape index (κ1) is 20.9. The first-order valence-electron chi connectivity index (χ1n) is 9.36. The zero-order valence-corrected chi connectivity index (χ0v) is 16.7. The van der Waals surface area contributed by atoms with Gasteiger partial charge in [-0.25, -0.2) is 0 Å². The van der Waals surface area contributed by atoms with Gasteiger partial charge in [-0.2, -0.15) is 0 Å². The Balaban J connectivity index is 1.86. The summed E-state index contributed by atoms with van der Waals surface area (Å²) in [6, 6.07) is 7.07. The fraction of sp³-hybridized carbons (Fsp3) is 0.550. The van der Waals surface area contributed by atoms with Crippen LogP contribution in [0.3, 0.4) is 0 Å². The van der Waals surface area contributed by atoms with Crippen molar-refractivity contribution in [2.75, 3.05) is 46.8 Å². The van der Waals surface area contributed by atoms with Crippen LogP contribution in [0.1, 0.15) is 29.3 Å². The maximum Gasteiger partial charge on any atom is 0.253 e. The third-order valence-electron chi connectivity index (χ3n) is 4.70. The van der Waals surface area contributed by atoms with Crippen LogP contribution >= 0.6 is 0 Å². The molecule has 148 valence electrons. The van der Waals surface area contributed by atoms with Crippen molar-refractivity contribution < 1.29 is 14.4 Å². The van der Waals surface area contributed by atoms with Gasteiger partial charge in [-0.05, 0) is 32.4 Å². The van der Waals surface area contributed by atoms with Gasteiger partial charge in [-0.15, -0.1) is 0 Å². The normalized spacial score (nSPS) is 16.4. The molecule has 27 heavy (non-hydrogen) atoms. The van der Waals surface area contributed by atoms with Crippen LogP contribution in [0.15, 0.2) is 24.3 Å². The number of aryl methyl sites for hydroxylation is 1. The summed E-state index contributed by atoms with van der Waals surface area (Å²) in [5, 5.41) is 2.74. The number of nitrogens with one attached hydrogen (secondary N) is 1. The molecule has 1 aliphatic rings. The largest absolute Gasteiger partial charge is 0.347 e. The van der Waals surface area contributed by atoms with Crippen LogP contribution in [0, 0.1) is 6.92 Å². The van der Waals surface area contributed by atoms with E-state index >= 15 is 0 Å². The molecule has 1 saturated heterocycles. The van der Waals surface area contributed by atoms with Gasteiger partial charge in [-0.1, -0.05) is 17.7 Å². The average Bonchev–Trinajstić information content (AvgIpc) is 2.85. The van der Waals surface area contributed by atoms with E-state index in [1.54, 1.807) is 21.0 Å². The zero-order valence-electron chi connectivity index (χ0n) is 16.7. The molecule has 0 bridgehead atoms. The van der Waals surface area contributed by atoms with Crippen molar-refractivity contribution in [3.05, 3.63) is 35.4 Å². The van der Waals surface area contributed by atoms with E-state index in [-0.39, 0.29) is 24.3 Å². The lowest BCUT2D eigenvalue weighted by Gasteiger charge is -2.23. The quantitative estimate of drug-likeness (QED) is 0.825. The van der Waals surface area contributed by atoms with E-state index in [0.29, 0.717) is 25.2 Å². The summed E-state index contributed by atoms with van der Waals surface area (Å²) < 4.78 is 0. The van der Waals surface area contributed by atoms with Gasteiger partial charge in [0.25, 0.3) is 5.91 Å². The fourth-order valence-corrected chi connectivity index (χ4v) is 3.23. The van der Waals surface area contributed by atoms with Gasteiger partial charge >= 0.3 is 0 Å². The standard InChI is InChI=1S/C20H30N4O3/c1-15-7-5-8-17(13-15)20(27)24-10-6-9-23(11-12-24)14-18(25)21-16(2)19(26)22(3)4/h5,7-8,13,16H,6,9-12,14H2,1-4H3,(H,21,25). The summed E-state index contributed by atoms with van der Waals surface area (Å²) in [6.07, 6.45) is 0.816. The van der Waals surface area contributed by atoms with Crippen molar-refractivity contribution in [3.63, 3.8) is 0 Å². The summed E-state index contributed by atoms with van der Waals surface area (Å²) in [5.41, 5.74) is 1.77. The second-order valence-electron chi connectivity index (χ2n) is 7.31. The number of hydrogen-bond acceptors (Lipinski definition) is 4. The maximum atomic E-state index is 12.7. The lowest BCUT2D eigenvalue weighted by Crippen LogP contribution is -2.48. The monoisotopic (exact) mass is 374 g/mol. The predicted molar refractivity (Wildman–Crippen MR) is 104 cm³/mol. The van der Waals surface area contributed by atoms with Gasteiger partial charge < -0.3 is 15.1 Å². The van der Waals surface area contributed by atoms with Gasteiger partial charge in [0.2, 0.25) is 11.8 Å². The molecule has 1 aromatic rings. The third-order valence-corrected chi connectivity index (χ3v) is 4.70. The molecule has 3 amide bonds. The summed E-state index contributed by atoms with van der Waals surface area (Å²) in [5.74, 6) is -0.263. The Morgan fingerprint density at radius 3 is 2.56 bits per heavy atom. The van der Waals surface area contributed by atoms with E-state index in [4.69, 9.17) is 0 Å². The molecule has 0 spiro atoms. The van der Waals surface area contributed by atoms with Gasteiger partial charge in [-0.3, -0.25) is 19.3 Å². The summed E-state index contributed by atoms with van der Waals surface area (Å²) in [7, 11) is 3.33. The first-order chi connectivity index (χ1) is 12.8. The minimum Gasteiger partial charge on any atom is -0.347 e. The van der Waals surface area contributed by atoms with E-state index in [1.165, 1.54) is 4.90 Å². The molecule has 7 heteroatoms. The van der Waals surface area contributed by atoms with E-state index in [0.717, 1.165) is 18.5 Å². The van der Waals surface area contributed by atoms with Crippen molar-refractivity contribution in [1.29, 1.82) is 0 Å².